The van der Waals surface area contributed by atoms with Crippen LogP contribution >= 0.6 is 23.8 Å². The van der Waals surface area contributed by atoms with E-state index in [0.717, 1.165) is 11.4 Å². The Kier molecular flexibility index (Phi) is 4.89. The van der Waals surface area contributed by atoms with E-state index in [4.69, 9.17) is 23.8 Å². The largest absolute Gasteiger partial charge is 0.351 e. The van der Waals surface area contributed by atoms with E-state index in [-0.39, 0.29) is 17.6 Å². The van der Waals surface area contributed by atoms with Crippen LogP contribution in [0.2, 0.25) is 5.02 Å². The molecule has 6 heteroatoms. The first-order chi connectivity index (χ1) is 13.3. The fourth-order valence-corrected chi connectivity index (χ4v) is 4.05. The summed E-state index contributed by atoms with van der Waals surface area (Å²) >= 11 is 11.8. The summed E-state index contributed by atoms with van der Waals surface area (Å²) in [6.07, 6.45) is 6.16. The van der Waals surface area contributed by atoms with Gasteiger partial charge in [0.05, 0.1) is 17.8 Å². The van der Waals surface area contributed by atoms with Gasteiger partial charge < -0.3 is 14.8 Å². The minimum atomic E-state index is -0.0415. The van der Waals surface area contributed by atoms with Crippen molar-refractivity contribution in [1.82, 2.24) is 14.9 Å². The lowest BCUT2D eigenvalue weighted by atomic mass is 9.98. The molecule has 4 nitrogen and oxygen atoms in total. The molecule has 0 unspecified atom stereocenters. The zero-order chi connectivity index (χ0) is 19.9. The number of nitrogens with one attached hydrogen (secondary N) is 1. The standard InChI is InChI=1S/C22H23ClN4S/c1-22(2,3)26-13-11-15(14-26)20-19(18-6-4-5-12-24-18)25-21(28)27(20)17-9-7-16(23)8-10-17/h4-14,19-20H,1-3H3,(H,25,28)/t19-,20-/m1/s1. The van der Waals surface area contributed by atoms with Crippen molar-refractivity contribution in [2.75, 3.05) is 4.90 Å². The van der Waals surface area contributed by atoms with Crippen molar-refractivity contribution in [3.8, 4) is 0 Å². The van der Waals surface area contributed by atoms with Gasteiger partial charge in [0, 0.05) is 34.8 Å². The van der Waals surface area contributed by atoms with E-state index in [1.165, 1.54) is 5.56 Å². The van der Waals surface area contributed by atoms with Crippen LogP contribution in [0, 0.1) is 0 Å². The summed E-state index contributed by atoms with van der Waals surface area (Å²) in [5.41, 5.74) is 3.17. The van der Waals surface area contributed by atoms with E-state index < -0.39 is 0 Å². The Hall–Kier alpha value is -2.37. The minimum Gasteiger partial charge on any atom is -0.351 e. The van der Waals surface area contributed by atoms with Crippen molar-refractivity contribution in [3.05, 3.63) is 83.4 Å². The highest BCUT2D eigenvalue weighted by Gasteiger charge is 2.41. The Bertz CT molecular complexity index is 976. The van der Waals surface area contributed by atoms with Crippen LogP contribution in [-0.4, -0.2) is 14.7 Å². The third-order valence-corrected chi connectivity index (χ3v) is 5.60. The molecule has 144 valence electrons. The molecule has 1 aromatic carbocycles. The van der Waals surface area contributed by atoms with Gasteiger partial charge >= 0.3 is 0 Å². The number of nitrogens with zero attached hydrogens (tertiary/aromatic N) is 3. The Morgan fingerprint density at radius 2 is 1.82 bits per heavy atom. The second-order valence-electron chi connectivity index (χ2n) is 8.00. The number of aromatic nitrogens is 2. The molecule has 2 aromatic heterocycles. The predicted molar refractivity (Wildman–Crippen MR) is 119 cm³/mol. The molecule has 0 spiro atoms. The number of hydrogen-bond acceptors (Lipinski definition) is 2. The predicted octanol–water partition coefficient (Wildman–Crippen LogP) is 5.47. The van der Waals surface area contributed by atoms with E-state index >= 15 is 0 Å². The van der Waals surface area contributed by atoms with Crippen molar-refractivity contribution < 1.29 is 0 Å². The van der Waals surface area contributed by atoms with E-state index in [1.54, 1.807) is 0 Å². The lowest BCUT2D eigenvalue weighted by Crippen LogP contribution is -2.29. The highest BCUT2D eigenvalue weighted by Crippen LogP contribution is 2.42. The number of rotatable bonds is 3. The summed E-state index contributed by atoms with van der Waals surface area (Å²) in [6.45, 7) is 6.59. The zero-order valence-electron chi connectivity index (χ0n) is 16.1. The summed E-state index contributed by atoms with van der Waals surface area (Å²) < 4.78 is 2.24. The van der Waals surface area contributed by atoms with Gasteiger partial charge in [0.2, 0.25) is 0 Å². The van der Waals surface area contributed by atoms with E-state index in [1.807, 2.05) is 48.7 Å². The Morgan fingerprint density at radius 3 is 2.43 bits per heavy atom. The first-order valence-corrected chi connectivity index (χ1v) is 10.1. The van der Waals surface area contributed by atoms with Gasteiger partial charge in [-0.1, -0.05) is 17.7 Å². The minimum absolute atomic E-state index is 0.00724. The molecule has 1 N–H and O–H groups in total. The molecule has 1 aliphatic rings. The van der Waals surface area contributed by atoms with Crippen LogP contribution in [0.25, 0.3) is 0 Å². The molecule has 3 heterocycles. The van der Waals surface area contributed by atoms with Crippen LogP contribution in [0.3, 0.4) is 0 Å². The summed E-state index contributed by atoms with van der Waals surface area (Å²) in [5, 5.41) is 4.88. The topological polar surface area (TPSA) is 33.1 Å². The third-order valence-electron chi connectivity index (χ3n) is 5.03. The fourth-order valence-electron chi connectivity index (χ4n) is 3.58. The molecule has 0 saturated carbocycles. The summed E-state index contributed by atoms with van der Waals surface area (Å²) in [4.78, 5) is 6.75. The molecular formula is C22H23ClN4S. The van der Waals surface area contributed by atoms with Gasteiger partial charge in [0.15, 0.2) is 5.11 Å². The van der Waals surface area contributed by atoms with Gasteiger partial charge in [-0.3, -0.25) is 4.98 Å². The number of benzene rings is 1. The smallest absolute Gasteiger partial charge is 0.174 e. The average Bonchev–Trinajstić information content (AvgIpc) is 3.28. The molecular weight excluding hydrogens is 388 g/mol. The van der Waals surface area contributed by atoms with Crippen molar-refractivity contribution in [3.63, 3.8) is 0 Å². The van der Waals surface area contributed by atoms with Gasteiger partial charge in [0.1, 0.15) is 0 Å². The maximum absolute atomic E-state index is 6.11. The van der Waals surface area contributed by atoms with Gasteiger partial charge in [-0.25, -0.2) is 0 Å². The highest BCUT2D eigenvalue weighted by atomic mass is 35.5. The van der Waals surface area contributed by atoms with Crippen LogP contribution in [0.5, 0.6) is 0 Å². The Labute approximate surface area is 176 Å². The molecule has 1 aliphatic heterocycles. The number of hydrogen-bond donors (Lipinski definition) is 1. The maximum atomic E-state index is 6.11. The molecule has 4 rings (SSSR count). The summed E-state index contributed by atoms with van der Waals surface area (Å²) in [6, 6.07) is 15.9. The summed E-state index contributed by atoms with van der Waals surface area (Å²) in [7, 11) is 0. The number of pyridine rings is 1. The molecule has 1 fully saturated rings. The second-order valence-corrected chi connectivity index (χ2v) is 8.82. The van der Waals surface area contributed by atoms with E-state index in [2.05, 4.69) is 59.0 Å². The van der Waals surface area contributed by atoms with Gasteiger partial charge in [-0.15, -0.1) is 0 Å². The quantitative estimate of drug-likeness (QED) is 0.580. The van der Waals surface area contributed by atoms with Gasteiger partial charge in [-0.05, 0) is 81.0 Å². The van der Waals surface area contributed by atoms with Crippen LogP contribution in [0.1, 0.15) is 44.1 Å². The lowest BCUT2D eigenvalue weighted by molar-refractivity contribution is 0.397. The molecule has 0 amide bonds. The summed E-state index contributed by atoms with van der Waals surface area (Å²) in [5.74, 6) is 0. The maximum Gasteiger partial charge on any atom is 0.174 e. The van der Waals surface area contributed by atoms with Crippen LogP contribution < -0.4 is 10.2 Å². The molecule has 28 heavy (non-hydrogen) atoms. The number of anilines is 1. The lowest BCUT2D eigenvalue weighted by Gasteiger charge is -2.28. The van der Waals surface area contributed by atoms with E-state index in [9.17, 15) is 0 Å². The molecule has 2 atom stereocenters. The fraction of sp³-hybridized carbons (Fsp3) is 0.273. The SMILES string of the molecule is CC(C)(C)n1ccc([C@@H]2[C@@H](c3ccccn3)NC(=S)N2c2ccc(Cl)cc2)c1. The van der Waals surface area contributed by atoms with Crippen LogP contribution in [0.15, 0.2) is 67.1 Å². The third kappa shape index (κ3) is 3.52. The average molecular weight is 411 g/mol. The number of halogens is 1. The van der Waals surface area contributed by atoms with Crippen molar-refractivity contribution in [1.29, 1.82) is 0 Å². The first kappa shape index (κ1) is 19.0. The highest BCUT2D eigenvalue weighted by molar-refractivity contribution is 7.80. The van der Waals surface area contributed by atoms with Crippen LogP contribution in [0.4, 0.5) is 5.69 Å². The zero-order valence-corrected chi connectivity index (χ0v) is 17.7. The van der Waals surface area contributed by atoms with E-state index in [0.29, 0.717) is 10.1 Å². The number of thiocarbonyl (C=S) groups is 1. The van der Waals surface area contributed by atoms with Gasteiger partial charge in [-0.2, -0.15) is 0 Å². The molecule has 0 bridgehead atoms. The monoisotopic (exact) mass is 410 g/mol. The molecule has 1 saturated heterocycles. The second kappa shape index (κ2) is 7.22. The Morgan fingerprint density at radius 1 is 1.07 bits per heavy atom. The van der Waals surface area contributed by atoms with Crippen molar-refractivity contribution >= 4 is 34.6 Å². The van der Waals surface area contributed by atoms with Crippen molar-refractivity contribution in [2.45, 2.75) is 38.4 Å². The van der Waals surface area contributed by atoms with Crippen LogP contribution in [-0.2, 0) is 5.54 Å². The van der Waals surface area contributed by atoms with Gasteiger partial charge in [0.25, 0.3) is 0 Å². The first-order valence-electron chi connectivity index (χ1n) is 9.29. The molecule has 0 radical (unpaired) electrons. The molecule has 0 aliphatic carbocycles. The van der Waals surface area contributed by atoms with Crippen molar-refractivity contribution in [2.24, 2.45) is 0 Å². The Balaban J connectivity index is 1.81. The molecule has 3 aromatic rings. The normalized spacial score (nSPS) is 19.7.